The minimum absolute atomic E-state index is 0. The lowest BCUT2D eigenvalue weighted by Crippen LogP contribution is -2.52. The van der Waals surface area contributed by atoms with Gasteiger partial charge >= 0.3 is 0 Å². The second-order valence-electron chi connectivity index (χ2n) is 7.21. The molecule has 0 spiro atoms. The molecule has 3 heterocycles. The summed E-state index contributed by atoms with van der Waals surface area (Å²) in [6.45, 7) is 4.51. The molecule has 0 saturated carbocycles. The van der Waals surface area contributed by atoms with Crippen LogP contribution in [0, 0.1) is 5.92 Å². The van der Waals surface area contributed by atoms with Crippen molar-refractivity contribution in [3.63, 3.8) is 0 Å². The highest BCUT2D eigenvalue weighted by atomic mass is 35.5. The number of amides is 1. The van der Waals surface area contributed by atoms with Gasteiger partial charge in [0.2, 0.25) is 5.91 Å². The van der Waals surface area contributed by atoms with Gasteiger partial charge in [0, 0.05) is 48.8 Å². The van der Waals surface area contributed by atoms with Crippen LogP contribution in [0.3, 0.4) is 0 Å². The molecule has 6 nitrogen and oxygen atoms in total. The number of hydrogen-bond acceptors (Lipinski definition) is 4. The maximum Gasteiger partial charge on any atom is 0.251 e. The van der Waals surface area contributed by atoms with Crippen LogP contribution in [0.2, 0.25) is 0 Å². The Morgan fingerprint density at radius 2 is 2.04 bits per heavy atom. The van der Waals surface area contributed by atoms with Crippen molar-refractivity contribution < 1.29 is 9.53 Å². The zero-order valence-corrected chi connectivity index (χ0v) is 16.7. The summed E-state index contributed by atoms with van der Waals surface area (Å²) < 4.78 is 7.35. The lowest BCUT2D eigenvalue weighted by atomic mass is 9.79. The van der Waals surface area contributed by atoms with Gasteiger partial charge in [-0.3, -0.25) is 14.2 Å². The van der Waals surface area contributed by atoms with Gasteiger partial charge in [-0.05, 0) is 25.5 Å². The van der Waals surface area contributed by atoms with Crippen LogP contribution in [-0.4, -0.2) is 30.2 Å². The first-order valence-corrected chi connectivity index (χ1v) is 9.59. The van der Waals surface area contributed by atoms with E-state index in [2.05, 4.69) is 10.6 Å². The Labute approximate surface area is 170 Å². The van der Waals surface area contributed by atoms with Crippen molar-refractivity contribution in [2.75, 3.05) is 19.7 Å². The van der Waals surface area contributed by atoms with E-state index in [-0.39, 0.29) is 29.8 Å². The molecule has 7 heteroatoms. The van der Waals surface area contributed by atoms with E-state index in [0.29, 0.717) is 19.1 Å². The van der Waals surface area contributed by atoms with Gasteiger partial charge in [0.15, 0.2) is 0 Å². The van der Waals surface area contributed by atoms with E-state index in [1.165, 1.54) is 0 Å². The molecule has 1 amide bonds. The smallest absolute Gasteiger partial charge is 0.251 e. The Morgan fingerprint density at radius 1 is 1.21 bits per heavy atom. The molecule has 1 aromatic heterocycles. The Hall–Kier alpha value is -2.31. The number of piperidine rings is 1. The fraction of sp³-hybridized carbons (Fsp3) is 0.429. The van der Waals surface area contributed by atoms with E-state index >= 15 is 0 Å². The highest BCUT2D eigenvalue weighted by molar-refractivity contribution is 5.85. The van der Waals surface area contributed by atoms with Crippen molar-refractivity contribution in [1.82, 2.24) is 15.2 Å². The maximum absolute atomic E-state index is 13.1. The summed E-state index contributed by atoms with van der Waals surface area (Å²) in [5.74, 6) is 1.09. The van der Waals surface area contributed by atoms with Crippen molar-refractivity contribution in [2.24, 2.45) is 5.92 Å². The molecule has 1 aromatic carbocycles. The number of para-hydroxylation sites is 1. The molecule has 3 atom stereocenters. The number of ether oxygens (including phenoxy) is 1. The second-order valence-corrected chi connectivity index (χ2v) is 7.21. The third-order valence-corrected chi connectivity index (χ3v) is 5.54. The fourth-order valence-corrected chi connectivity index (χ4v) is 4.36. The first-order chi connectivity index (χ1) is 13.2. The van der Waals surface area contributed by atoms with E-state index in [4.69, 9.17) is 4.74 Å². The van der Waals surface area contributed by atoms with Crippen molar-refractivity contribution >= 4 is 18.3 Å². The number of halogens is 1. The molecule has 2 bridgehead atoms. The average Bonchev–Trinajstić information content (AvgIpc) is 2.69. The minimum atomic E-state index is -0.475. The summed E-state index contributed by atoms with van der Waals surface area (Å²) in [5.41, 5.74) is 1.79. The third-order valence-electron chi connectivity index (χ3n) is 5.54. The molecule has 0 unspecified atom stereocenters. The van der Waals surface area contributed by atoms with Gasteiger partial charge in [0.1, 0.15) is 11.8 Å². The summed E-state index contributed by atoms with van der Waals surface area (Å²) >= 11 is 0. The van der Waals surface area contributed by atoms with Crippen LogP contribution in [0.25, 0.3) is 0 Å². The number of rotatable bonds is 5. The van der Waals surface area contributed by atoms with Crippen molar-refractivity contribution in [1.29, 1.82) is 0 Å². The zero-order valence-electron chi connectivity index (χ0n) is 15.9. The van der Waals surface area contributed by atoms with Gasteiger partial charge in [-0.1, -0.05) is 24.3 Å². The van der Waals surface area contributed by atoms with Crippen molar-refractivity contribution in [3.05, 3.63) is 64.1 Å². The van der Waals surface area contributed by atoms with E-state index in [9.17, 15) is 9.59 Å². The Morgan fingerprint density at radius 3 is 2.86 bits per heavy atom. The topological polar surface area (TPSA) is 72.4 Å². The van der Waals surface area contributed by atoms with Crippen molar-refractivity contribution in [3.8, 4) is 5.75 Å². The van der Waals surface area contributed by atoms with E-state index < -0.39 is 6.04 Å². The van der Waals surface area contributed by atoms with Crippen LogP contribution >= 0.6 is 12.4 Å². The van der Waals surface area contributed by atoms with Gasteiger partial charge < -0.3 is 15.4 Å². The summed E-state index contributed by atoms with van der Waals surface area (Å²) in [7, 11) is 0. The van der Waals surface area contributed by atoms with Gasteiger partial charge in [-0.15, -0.1) is 12.4 Å². The summed E-state index contributed by atoms with van der Waals surface area (Å²) in [4.78, 5) is 25.7. The SMILES string of the molecule is CCOc1ccccc1CNC(=O)[C@H]1[C@@H]2CNC[C@@H](C2)c2cccc(=O)n21.Cl. The molecular formula is C21H26ClN3O3. The number of fused-ring (bicyclic) bond motifs is 4. The second kappa shape index (κ2) is 8.80. The molecule has 0 radical (unpaired) electrons. The predicted octanol–water partition coefficient (Wildman–Crippen LogP) is 2.23. The van der Waals surface area contributed by atoms with Crippen LogP contribution in [0.5, 0.6) is 5.75 Å². The quantitative estimate of drug-likeness (QED) is 0.803. The van der Waals surface area contributed by atoms with E-state index in [1.54, 1.807) is 16.7 Å². The molecule has 28 heavy (non-hydrogen) atoms. The molecule has 1 saturated heterocycles. The van der Waals surface area contributed by atoms with Crippen LogP contribution in [-0.2, 0) is 11.3 Å². The highest BCUT2D eigenvalue weighted by Gasteiger charge is 2.41. The van der Waals surface area contributed by atoms with E-state index in [1.807, 2.05) is 37.3 Å². The Kier molecular flexibility index (Phi) is 6.42. The number of nitrogens with zero attached hydrogens (tertiary/aromatic N) is 1. The third kappa shape index (κ3) is 3.80. The first kappa shape index (κ1) is 20.4. The summed E-state index contributed by atoms with van der Waals surface area (Å²) in [5, 5.41) is 6.45. The molecule has 150 valence electrons. The van der Waals surface area contributed by atoms with Gasteiger partial charge in [0.05, 0.1) is 6.61 Å². The molecule has 2 aliphatic heterocycles. The minimum Gasteiger partial charge on any atom is -0.494 e. The normalized spacial score (nSPS) is 22.5. The van der Waals surface area contributed by atoms with Crippen LogP contribution in [0.4, 0.5) is 0 Å². The summed E-state index contributed by atoms with van der Waals surface area (Å²) in [6.07, 6.45) is 0.935. The number of aromatic nitrogens is 1. The largest absolute Gasteiger partial charge is 0.494 e. The lowest BCUT2D eigenvalue weighted by Gasteiger charge is -2.42. The summed E-state index contributed by atoms with van der Waals surface area (Å²) in [6, 6.07) is 12.5. The monoisotopic (exact) mass is 403 g/mol. The average molecular weight is 404 g/mol. The molecular weight excluding hydrogens is 378 g/mol. The van der Waals surface area contributed by atoms with Gasteiger partial charge in [0.25, 0.3) is 5.56 Å². The standard InChI is InChI=1S/C21H25N3O3.ClH/c1-2-27-18-8-4-3-6-14(18)13-23-21(26)20-16-10-15(11-22-12-16)17-7-5-9-19(25)24(17)20;/h3-9,15-16,20,22H,2,10-13H2,1H3,(H,23,26);1H/t15-,16+,20-;/m1./s1. The zero-order chi connectivity index (χ0) is 18.8. The maximum atomic E-state index is 13.1. The predicted molar refractivity (Wildman–Crippen MR) is 110 cm³/mol. The number of nitrogens with one attached hydrogen (secondary N) is 2. The van der Waals surface area contributed by atoms with Gasteiger partial charge in [-0.2, -0.15) is 0 Å². The Balaban J connectivity index is 0.00000225. The number of benzene rings is 1. The first-order valence-electron chi connectivity index (χ1n) is 9.59. The van der Waals surface area contributed by atoms with Crippen molar-refractivity contribution in [2.45, 2.75) is 31.8 Å². The number of hydrogen-bond donors (Lipinski definition) is 2. The number of carbonyl (C=O) groups excluding carboxylic acids is 1. The molecule has 4 rings (SSSR count). The fourth-order valence-electron chi connectivity index (χ4n) is 4.36. The lowest BCUT2D eigenvalue weighted by molar-refractivity contribution is -0.127. The van der Waals surface area contributed by atoms with Gasteiger partial charge in [-0.25, -0.2) is 0 Å². The van der Waals surface area contributed by atoms with Crippen LogP contribution < -0.4 is 20.9 Å². The number of carbonyl (C=O) groups is 1. The van der Waals surface area contributed by atoms with Crippen LogP contribution in [0.15, 0.2) is 47.3 Å². The van der Waals surface area contributed by atoms with Crippen LogP contribution in [0.1, 0.15) is 36.6 Å². The molecule has 2 N–H and O–H groups in total. The highest BCUT2D eigenvalue weighted by Crippen LogP contribution is 2.38. The Bertz CT molecular complexity index is 898. The molecule has 1 fully saturated rings. The van der Waals surface area contributed by atoms with E-state index in [0.717, 1.165) is 36.5 Å². The number of pyridine rings is 1. The molecule has 2 aromatic rings. The molecule has 2 aliphatic rings. The molecule has 0 aliphatic carbocycles.